The Hall–Kier alpha value is -2.38. The van der Waals surface area contributed by atoms with Crippen molar-refractivity contribution < 1.29 is 19.4 Å². The molecule has 2 aromatic carbocycles. The van der Waals surface area contributed by atoms with Gasteiger partial charge < -0.3 is 9.84 Å². The Morgan fingerprint density at radius 1 is 1.33 bits per heavy atom. The zero-order valence-corrected chi connectivity index (χ0v) is 14.3. The number of methoxy groups -OCH3 is 1. The molecule has 1 heterocycles. The summed E-state index contributed by atoms with van der Waals surface area (Å²) in [5.74, 6) is -0.866. The molecule has 1 N–H and O–H groups in total. The molecule has 0 aliphatic carbocycles. The summed E-state index contributed by atoms with van der Waals surface area (Å²) in [7, 11) is 1.57. The van der Waals surface area contributed by atoms with Crippen LogP contribution in [0.4, 0.5) is 0 Å². The van der Waals surface area contributed by atoms with Gasteiger partial charge in [-0.2, -0.15) is 0 Å². The lowest BCUT2D eigenvalue weighted by atomic mass is 10.0. The second-order valence-corrected chi connectivity index (χ2v) is 6.74. The molecule has 122 valence electrons. The van der Waals surface area contributed by atoms with E-state index in [9.17, 15) is 9.59 Å². The van der Waals surface area contributed by atoms with E-state index in [1.54, 1.807) is 13.2 Å². The van der Waals surface area contributed by atoms with Crippen LogP contribution < -0.4 is 4.74 Å². The number of rotatable bonds is 4. The SMILES string of the molecule is COc1ccc2ccccc2c1/C=C1/SC(=S)N(CC(=O)O)C1=O. The van der Waals surface area contributed by atoms with Gasteiger partial charge in [-0.25, -0.2) is 0 Å². The number of hydrogen-bond donors (Lipinski definition) is 1. The number of nitrogens with zero attached hydrogens (tertiary/aromatic N) is 1. The van der Waals surface area contributed by atoms with Crippen molar-refractivity contribution in [2.45, 2.75) is 0 Å². The molecule has 0 atom stereocenters. The van der Waals surface area contributed by atoms with Gasteiger partial charge in [-0.1, -0.05) is 54.3 Å². The summed E-state index contributed by atoms with van der Waals surface area (Å²) in [6, 6.07) is 11.6. The van der Waals surface area contributed by atoms with E-state index in [1.165, 1.54) is 0 Å². The van der Waals surface area contributed by atoms with Crippen LogP contribution in [0.1, 0.15) is 5.56 Å². The molecule has 5 nitrogen and oxygen atoms in total. The predicted molar refractivity (Wildman–Crippen MR) is 98.0 cm³/mol. The summed E-state index contributed by atoms with van der Waals surface area (Å²) in [6.07, 6.45) is 1.71. The standard InChI is InChI=1S/C17H13NO4S2/c1-22-13-7-6-10-4-2-3-5-11(10)12(13)8-14-16(21)18(9-15(19)20)17(23)24-14/h2-8H,9H2,1H3,(H,19,20)/b14-8+. The largest absolute Gasteiger partial charge is 0.496 e. The average molecular weight is 359 g/mol. The van der Waals surface area contributed by atoms with E-state index in [4.69, 9.17) is 22.1 Å². The first-order valence-electron chi connectivity index (χ1n) is 7.04. The topological polar surface area (TPSA) is 66.8 Å². The quantitative estimate of drug-likeness (QED) is 0.668. The van der Waals surface area contributed by atoms with E-state index in [1.807, 2.05) is 36.4 Å². The maximum Gasteiger partial charge on any atom is 0.323 e. The molecule has 0 saturated carbocycles. The monoisotopic (exact) mass is 359 g/mol. The van der Waals surface area contributed by atoms with Crippen LogP contribution in [0.3, 0.4) is 0 Å². The molecule has 1 saturated heterocycles. The minimum atomic E-state index is -1.10. The first-order chi connectivity index (χ1) is 11.5. The third kappa shape index (κ3) is 3.00. The number of carboxylic acids is 1. The number of hydrogen-bond acceptors (Lipinski definition) is 5. The van der Waals surface area contributed by atoms with E-state index in [0.717, 1.165) is 33.0 Å². The van der Waals surface area contributed by atoms with E-state index < -0.39 is 18.4 Å². The van der Waals surface area contributed by atoms with Crippen molar-refractivity contribution >= 4 is 57.0 Å². The number of thioether (sulfide) groups is 1. The molecule has 7 heteroatoms. The number of amides is 1. The summed E-state index contributed by atoms with van der Waals surface area (Å²) < 4.78 is 5.65. The maximum absolute atomic E-state index is 12.4. The smallest absolute Gasteiger partial charge is 0.323 e. The average Bonchev–Trinajstić information content (AvgIpc) is 2.82. The molecule has 1 fully saturated rings. The number of carboxylic acid groups (broad SMARTS) is 1. The number of thiocarbonyl (C=S) groups is 1. The highest BCUT2D eigenvalue weighted by atomic mass is 32.2. The minimum absolute atomic E-state index is 0.243. The van der Waals surface area contributed by atoms with Gasteiger partial charge in [0.25, 0.3) is 5.91 Å². The van der Waals surface area contributed by atoms with Crippen LogP contribution in [-0.2, 0) is 9.59 Å². The van der Waals surface area contributed by atoms with Crippen molar-refractivity contribution in [1.29, 1.82) is 0 Å². The lowest BCUT2D eigenvalue weighted by Crippen LogP contribution is -2.33. The fraction of sp³-hybridized carbons (Fsp3) is 0.118. The molecule has 0 unspecified atom stereocenters. The highest BCUT2D eigenvalue weighted by Gasteiger charge is 2.33. The highest BCUT2D eigenvalue weighted by Crippen LogP contribution is 2.36. The number of carbonyl (C=O) groups excluding carboxylic acids is 1. The highest BCUT2D eigenvalue weighted by molar-refractivity contribution is 8.26. The third-order valence-corrected chi connectivity index (χ3v) is 4.97. The fourth-order valence-corrected chi connectivity index (χ4v) is 3.74. The van der Waals surface area contributed by atoms with Crippen molar-refractivity contribution in [3.8, 4) is 5.75 Å². The van der Waals surface area contributed by atoms with E-state index >= 15 is 0 Å². The summed E-state index contributed by atoms with van der Waals surface area (Å²) >= 11 is 6.22. The predicted octanol–water partition coefficient (Wildman–Crippen LogP) is 3.13. The van der Waals surface area contributed by atoms with Gasteiger partial charge in [0.1, 0.15) is 16.6 Å². The number of ether oxygens (including phenoxy) is 1. The van der Waals surface area contributed by atoms with E-state index in [2.05, 4.69) is 0 Å². The summed E-state index contributed by atoms with van der Waals surface area (Å²) in [5, 5.41) is 10.9. The van der Waals surface area contributed by atoms with Crippen molar-refractivity contribution in [1.82, 2.24) is 4.90 Å². The van der Waals surface area contributed by atoms with Crippen molar-refractivity contribution in [3.05, 3.63) is 46.9 Å². The molecule has 1 amide bonds. The van der Waals surface area contributed by atoms with E-state index in [0.29, 0.717) is 10.7 Å². The Kier molecular flexibility index (Phi) is 4.55. The molecule has 2 aromatic rings. The van der Waals surface area contributed by atoms with Gasteiger partial charge in [-0.05, 0) is 22.9 Å². The first kappa shape index (κ1) is 16.5. The van der Waals surface area contributed by atoms with Crippen molar-refractivity contribution in [2.75, 3.05) is 13.7 Å². The Labute approximate surface area is 147 Å². The number of fused-ring (bicyclic) bond motifs is 1. The summed E-state index contributed by atoms with van der Waals surface area (Å²) in [5.41, 5.74) is 0.770. The lowest BCUT2D eigenvalue weighted by molar-refractivity contribution is -0.140. The third-order valence-electron chi connectivity index (χ3n) is 3.59. The Balaban J connectivity index is 2.09. The zero-order valence-electron chi connectivity index (χ0n) is 12.7. The number of benzene rings is 2. The van der Waals surface area contributed by atoms with Crippen molar-refractivity contribution in [2.24, 2.45) is 0 Å². The van der Waals surface area contributed by atoms with Crippen LogP contribution in [-0.4, -0.2) is 39.9 Å². The Bertz CT molecular complexity index is 891. The molecule has 0 aromatic heterocycles. The number of aliphatic carboxylic acids is 1. The molecule has 1 aliphatic rings. The molecular weight excluding hydrogens is 346 g/mol. The second-order valence-electron chi connectivity index (χ2n) is 5.06. The normalized spacial score (nSPS) is 16.2. The van der Waals surface area contributed by atoms with Gasteiger partial charge in [-0.3, -0.25) is 14.5 Å². The molecule has 24 heavy (non-hydrogen) atoms. The van der Waals surface area contributed by atoms with Crippen LogP contribution in [0.15, 0.2) is 41.3 Å². The van der Waals surface area contributed by atoms with Crippen LogP contribution in [0, 0.1) is 0 Å². The van der Waals surface area contributed by atoms with Crippen LogP contribution >= 0.6 is 24.0 Å². The molecule has 3 rings (SSSR count). The van der Waals surface area contributed by atoms with Gasteiger partial charge in [0.15, 0.2) is 0 Å². The molecule has 0 spiro atoms. The van der Waals surface area contributed by atoms with Gasteiger partial charge in [0.2, 0.25) is 0 Å². The minimum Gasteiger partial charge on any atom is -0.496 e. The van der Waals surface area contributed by atoms with Crippen molar-refractivity contribution in [3.63, 3.8) is 0 Å². The fourth-order valence-electron chi connectivity index (χ4n) is 2.51. The molecule has 1 aliphatic heterocycles. The summed E-state index contributed by atoms with van der Waals surface area (Å²) in [6.45, 7) is -0.436. The van der Waals surface area contributed by atoms with Gasteiger partial charge in [0.05, 0.1) is 12.0 Å². The molecule has 0 radical (unpaired) electrons. The second kappa shape index (κ2) is 6.62. The zero-order chi connectivity index (χ0) is 17.3. The maximum atomic E-state index is 12.4. The molecule has 0 bridgehead atoms. The van der Waals surface area contributed by atoms with Crippen LogP contribution in [0.2, 0.25) is 0 Å². The van der Waals surface area contributed by atoms with Gasteiger partial charge >= 0.3 is 5.97 Å². The van der Waals surface area contributed by atoms with Gasteiger partial charge in [-0.15, -0.1) is 0 Å². The number of carbonyl (C=O) groups is 2. The van der Waals surface area contributed by atoms with Crippen LogP contribution in [0.25, 0.3) is 16.8 Å². The Morgan fingerprint density at radius 2 is 2.08 bits per heavy atom. The summed E-state index contributed by atoms with van der Waals surface area (Å²) in [4.78, 5) is 24.8. The Morgan fingerprint density at radius 3 is 2.79 bits per heavy atom. The van der Waals surface area contributed by atoms with E-state index in [-0.39, 0.29) is 4.32 Å². The first-order valence-corrected chi connectivity index (χ1v) is 8.26. The lowest BCUT2D eigenvalue weighted by Gasteiger charge is -2.11. The van der Waals surface area contributed by atoms with Crippen LogP contribution in [0.5, 0.6) is 5.75 Å². The van der Waals surface area contributed by atoms with Gasteiger partial charge in [0, 0.05) is 5.56 Å². The molecular formula is C17H13NO4S2.